The molecule has 2 rings (SSSR count). The minimum Gasteiger partial charge on any atom is -0.435 e. The molecule has 1 aliphatic heterocycles. The molecule has 0 saturated carbocycles. The smallest absolute Gasteiger partial charge is 0.387 e. The highest BCUT2D eigenvalue weighted by molar-refractivity contribution is 5.92. The molecule has 0 aliphatic carbocycles. The van der Waals surface area contributed by atoms with Crippen molar-refractivity contribution in [3.63, 3.8) is 0 Å². The highest BCUT2D eigenvalue weighted by atomic mass is 19.3. The number of amides is 1. The number of carbonyl (C=O) groups excluding carboxylic acids is 1. The maximum Gasteiger partial charge on any atom is 0.387 e. The van der Waals surface area contributed by atoms with Crippen molar-refractivity contribution >= 4 is 11.6 Å². The van der Waals surface area contributed by atoms with Crippen molar-refractivity contribution in [1.29, 1.82) is 0 Å². The molecule has 1 saturated heterocycles. The Labute approximate surface area is 116 Å². The average Bonchev–Trinajstić information content (AvgIpc) is 2.40. The van der Waals surface area contributed by atoms with Gasteiger partial charge in [0.25, 0.3) is 0 Å². The number of hydrogen-bond acceptors (Lipinski definition) is 3. The second-order valence-electron chi connectivity index (χ2n) is 5.09. The molecule has 1 fully saturated rings. The summed E-state index contributed by atoms with van der Waals surface area (Å²) in [5, 5.41) is 6.01. The van der Waals surface area contributed by atoms with Gasteiger partial charge in [0.2, 0.25) is 5.91 Å². The Morgan fingerprint density at radius 1 is 1.35 bits per heavy atom. The van der Waals surface area contributed by atoms with Crippen LogP contribution in [-0.2, 0) is 4.79 Å². The van der Waals surface area contributed by atoms with Gasteiger partial charge in [-0.25, -0.2) is 0 Å². The van der Waals surface area contributed by atoms with Gasteiger partial charge in [-0.05, 0) is 43.1 Å². The van der Waals surface area contributed by atoms with Gasteiger partial charge in [0.15, 0.2) is 0 Å². The molecule has 0 radical (unpaired) electrons. The quantitative estimate of drug-likeness (QED) is 0.893. The van der Waals surface area contributed by atoms with E-state index >= 15 is 0 Å². The lowest BCUT2D eigenvalue weighted by atomic mass is 9.91. The van der Waals surface area contributed by atoms with Gasteiger partial charge in [0.05, 0.1) is 5.92 Å². The highest BCUT2D eigenvalue weighted by Crippen LogP contribution is 2.20. The van der Waals surface area contributed by atoms with E-state index in [0.29, 0.717) is 18.2 Å². The van der Waals surface area contributed by atoms with E-state index in [2.05, 4.69) is 22.3 Å². The molecular formula is C14H18F2N2O2. The van der Waals surface area contributed by atoms with Crippen molar-refractivity contribution in [2.45, 2.75) is 20.0 Å². The van der Waals surface area contributed by atoms with Gasteiger partial charge in [-0.3, -0.25) is 4.79 Å². The normalized spacial score (nSPS) is 22.6. The molecule has 1 aromatic rings. The number of nitrogens with one attached hydrogen (secondary N) is 2. The lowest BCUT2D eigenvalue weighted by molar-refractivity contribution is -0.120. The standard InChI is InChI=1S/C14H18F2N2O2/c1-9-6-10(8-17-7-9)13(19)18-11-2-4-12(5-3-11)20-14(15)16/h2-5,9-10,14,17H,6-8H2,1H3,(H,18,19). The van der Waals surface area contributed by atoms with Gasteiger partial charge in [0.1, 0.15) is 5.75 Å². The van der Waals surface area contributed by atoms with Crippen LogP contribution in [0.3, 0.4) is 0 Å². The number of alkyl halides is 2. The fourth-order valence-electron chi connectivity index (χ4n) is 2.32. The lowest BCUT2D eigenvalue weighted by Crippen LogP contribution is -2.40. The van der Waals surface area contributed by atoms with E-state index < -0.39 is 6.61 Å². The van der Waals surface area contributed by atoms with Crippen LogP contribution in [0.5, 0.6) is 5.75 Å². The molecule has 1 aliphatic rings. The molecule has 2 unspecified atom stereocenters. The lowest BCUT2D eigenvalue weighted by Gasteiger charge is -2.26. The van der Waals surface area contributed by atoms with Gasteiger partial charge in [-0.15, -0.1) is 0 Å². The van der Waals surface area contributed by atoms with E-state index in [1.807, 2.05) is 0 Å². The Hall–Kier alpha value is -1.69. The first kappa shape index (κ1) is 14.7. The molecule has 0 aromatic heterocycles. The summed E-state index contributed by atoms with van der Waals surface area (Å²) < 4.78 is 28.3. The van der Waals surface area contributed by atoms with Crippen LogP contribution in [0, 0.1) is 11.8 Å². The number of hydrogen-bond donors (Lipinski definition) is 2. The SMILES string of the molecule is CC1CNCC(C(=O)Nc2ccc(OC(F)F)cc2)C1. The predicted octanol–water partition coefficient (Wildman–Crippen LogP) is 2.47. The number of rotatable bonds is 4. The van der Waals surface area contributed by atoms with Crippen LogP contribution < -0.4 is 15.4 Å². The van der Waals surface area contributed by atoms with E-state index in [1.54, 1.807) is 12.1 Å². The van der Waals surface area contributed by atoms with Crippen LogP contribution >= 0.6 is 0 Å². The number of anilines is 1. The summed E-state index contributed by atoms with van der Waals surface area (Å²) in [6.45, 7) is 0.861. The molecule has 1 amide bonds. The van der Waals surface area contributed by atoms with Crippen LogP contribution in [0.1, 0.15) is 13.3 Å². The summed E-state index contributed by atoms with van der Waals surface area (Å²) in [5.74, 6) is 0.439. The first-order chi connectivity index (χ1) is 9.54. The molecule has 0 spiro atoms. The number of carbonyl (C=O) groups is 1. The average molecular weight is 284 g/mol. The zero-order valence-corrected chi connectivity index (χ0v) is 11.2. The first-order valence-corrected chi connectivity index (χ1v) is 6.61. The summed E-state index contributed by atoms with van der Waals surface area (Å²) in [7, 11) is 0. The molecule has 1 aromatic carbocycles. The van der Waals surface area contributed by atoms with Crippen LogP contribution in [-0.4, -0.2) is 25.6 Å². The summed E-state index contributed by atoms with van der Waals surface area (Å²) >= 11 is 0. The van der Waals surface area contributed by atoms with E-state index in [-0.39, 0.29) is 17.6 Å². The van der Waals surface area contributed by atoms with Crippen molar-refractivity contribution < 1.29 is 18.3 Å². The fourth-order valence-corrected chi connectivity index (χ4v) is 2.32. The summed E-state index contributed by atoms with van der Waals surface area (Å²) in [5.41, 5.74) is 0.579. The second-order valence-corrected chi connectivity index (χ2v) is 5.09. The number of ether oxygens (including phenoxy) is 1. The maximum absolute atomic E-state index is 12.1. The number of halogens is 2. The van der Waals surface area contributed by atoms with E-state index in [9.17, 15) is 13.6 Å². The fraction of sp³-hybridized carbons (Fsp3) is 0.500. The van der Waals surface area contributed by atoms with Crippen LogP contribution in [0.4, 0.5) is 14.5 Å². The third-order valence-electron chi connectivity index (χ3n) is 3.29. The Morgan fingerprint density at radius 2 is 2.05 bits per heavy atom. The molecule has 2 atom stereocenters. The molecule has 110 valence electrons. The van der Waals surface area contributed by atoms with Gasteiger partial charge in [-0.1, -0.05) is 6.92 Å². The highest BCUT2D eigenvalue weighted by Gasteiger charge is 2.24. The number of benzene rings is 1. The van der Waals surface area contributed by atoms with Crippen molar-refractivity contribution in [2.24, 2.45) is 11.8 Å². The van der Waals surface area contributed by atoms with E-state index in [1.165, 1.54) is 12.1 Å². The van der Waals surface area contributed by atoms with Gasteiger partial charge in [0, 0.05) is 12.2 Å². The largest absolute Gasteiger partial charge is 0.435 e. The third-order valence-corrected chi connectivity index (χ3v) is 3.29. The second kappa shape index (κ2) is 6.65. The molecule has 2 N–H and O–H groups in total. The zero-order valence-electron chi connectivity index (χ0n) is 11.2. The minimum atomic E-state index is -2.84. The van der Waals surface area contributed by atoms with Crippen molar-refractivity contribution in [3.8, 4) is 5.75 Å². The van der Waals surface area contributed by atoms with Gasteiger partial charge in [-0.2, -0.15) is 8.78 Å². The van der Waals surface area contributed by atoms with E-state index in [0.717, 1.165) is 13.0 Å². The summed E-state index contributed by atoms with van der Waals surface area (Å²) in [6, 6.07) is 5.91. The molecule has 1 heterocycles. The van der Waals surface area contributed by atoms with Crippen LogP contribution in [0.15, 0.2) is 24.3 Å². The monoisotopic (exact) mass is 284 g/mol. The molecule has 4 nitrogen and oxygen atoms in total. The van der Waals surface area contributed by atoms with Crippen molar-refractivity contribution in [2.75, 3.05) is 18.4 Å². The van der Waals surface area contributed by atoms with Gasteiger partial charge < -0.3 is 15.4 Å². The van der Waals surface area contributed by atoms with Crippen LogP contribution in [0.2, 0.25) is 0 Å². The summed E-state index contributed by atoms with van der Waals surface area (Å²) in [6.07, 6.45) is 0.853. The van der Waals surface area contributed by atoms with Crippen molar-refractivity contribution in [1.82, 2.24) is 5.32 Å². The Kier molecular flexibility index (Phi) is 4.89. The Balaban J connectivity index is 1.90. The predicted molar refractivity (Wildman–Crippen MR) is 71.8 cm³/mol. The summed E-state index contributed by atoms with van der Waals surface area (Å²) in [4.78, 5) is 12.1. The minimum absolute atomic E-state index is 0.0495. The zero-order chi connectivity index (χ0) is 14.5. The van der Waals surface area contributed by atoms with Crippen LogP contribution in [0.25, 0.3) is 0 Å². The number of piperidine rings is 1. The van der Waals surface area contributed by atoms with E-state index in [4.69, 9.17) is 0 Å². The Bertz CT molecular complexity index is 451. The molecular weight excluding hydrogens is 266 g/mol. The van der Waals surface area contributed by atoms with Gasteiger partial charge >= 0.3 is 6.61 Å². The Morgan fingerprint density at radius 3 is 2.65 bits per heavy atom. The molecule has 0 bridgehead atoms. The van der Waals surface area contributed by atoms with Crippen molar-refractivity contribution in [3.05, 3.63) is 24.3 Å². The molecule has 6 heteroatoms. The molecule has 20 heavy (non-hydrogen) atoms. The maximum atomic E-state index is 12.1. The first-order valence-electron chi connectivity index (χ1n) is 6.61. The topological polar surface area (TPSA) is 50.4 Å². The third kappa shape index (κ3) is 4.16.